The maximum Gasteiger partial charge on any atom is 0.194 e. The molecule has 0 aliphatic carbocycles. The summed E-state index contributed by atoms with van der Waals surface area (Å²) in [5.74, 6) is 3.66. The average Bonchev–Trinajstić information content (AvgIpc) is 2.58. The van der Waals surface area contributed by atoms with E-state index in [0.717, 1.165) is 31.3 Å². The molecule has 0 spiro atoms. The molecule has 1 aliphatic rings. The monoisotopic (exact) mass is 464 g/mol. The van der Waals surface area contributed by atoms with E-state index in [1.54, 1.807) is 12.4 Å². The minimum atomic E-state index is 0. The van der Waals surface area contributed by atoms with Crippen molar-refractivity contribution < 1.29 is 4.74 Å². The zero-order chi connectivity index (χ0) is 16.5. The number of rotatable bonds is 6. The summed E-state index contributed by atoms with van der Waals surface area (Å²) in [6, 6.07) is 3.79. The number of hydrogen-bond donors (Lipinski definition) is 1. The van der Waals surface area contributed by atoms with Gasteiger partial charge in [-0.3, -0.25) is 4.98 Å². The second kappa shape index (κ2) is 11.8. The van der Waals surface area contributed by atoms with Gasteiger partial charge in [0, 0.05) is 36.8 Å². The number of nitrogens with one attached hydrogen (secondary N) is 1. The van der Waals surface area contributed by atoms with Crippen molar-refractivity contribution in [2.24, 2.45) is 10.9 Å². The molecule has 0 aromatic carbocycles. The Morgan fingerprint density at radius 3 is 3.04 bits per heavy atom. The van der Waals surface area contributed by atoms with Crippen LogP contribution in [0.5, 0.6) is 5.75 Å². The van der Waals surface area contributed by atoms with Crippen molar-refractivity contribution in [3.63, 3.8) is 0 Å². The lowest BCUT2D eigenvalue weighted by molar-refractivity contribution is 0.324. The molecule has 1 aromatic rings. The summed E-state index contributed by atoms with van der Waals surface area (Å²) in [5, 5.41) is 4.09. The molecular formula is C17H29IN4OS. The van der Waals surface area contributed by atoms with Crippen LogP contribution in [-0.4, -0.2) is 59.6 Å². The minimum absolute atomic E-state index is 0. The van der Waals surface area contributed by atoms with Crippen LogP contribution >= 0.6 is 35.7 Å². The highest BCUT2D eigenvalue weighted by Gasteiger charge is 2.24. The fourth-order valence-electron chi connectivity index (χ4n) is 2.44. The SMILES string of the molecule is CCNC(=NCCOc1cccnc1)N1CCSC(C(C)C)C1.I. The molecule has 0 radical (unpaired) electrons. The third kappa shape index (κ3) is 7.04. The standard InChI is InChI=1S/C17H28N4OS.HI/c1-4-19-17(21-9-11-23-16(13-21)14(2)3)20-8-10-22-15-6-5-7-18-12-15;/h5-7,12,14,16H,4,8-11,13H2,1-3H3,(H,19,20);1H. The molecule has 7 heteroatoms. The second-order valence-corrected chi connectivity index (χ2v) is 7.22. The molecule has 1 unspecified atom stereocenters. The van der Waals surface area contributed by atoms with Crippen molar-refractivity contribution in [2.75, 3.05) is 38.5 Å². The van der Waals surface area contributed by atoms with E-state index in [1.807, 2.05) is 12.1 Å². The molecule has 1 fully saturated rings. The predicted molar refractivity (Wildman–Crippen MR) is 114 cm³/mol. The molecule has 2 rings (SSSR count). The van der Waals surface area contributed by atoms with E-state index in [0.29, 0.717) is 24.3 Å². The lowest BCUT2D eigenvalue weighted by atomic mass is 10.1. The Labute approximate surface area is 167 Å². The van der Waals surface area contributed by atoms with Gasteiger partial charge in [0.15, 0.2) is 5.96 Å². The molecule has 1 aromatic heterocycles. The van der Waals surface area contributed by atoms with E-state index in [1.165, 1.54) is 5.75 Å². The zero-order valence-corrected chi connectivity index (χ0v) is 17.9. The van der Waals surface area contributed by atoms with Crippen LogP contribution in [0.15, 0.2) is 29.5 Å². The first-order valence-corrected chi connectivity index (χ1v) is 9.43. The molecule has 24 heavy (non-hydrogen) atoms. The van der Waals surface area contributed by atoms with Crippen LogP contribution in [0.4, 0.5) is 0 Å². The largest absolute Gasteiger partial charge is 0.490 e. The number of hydrogen-bond acceptors (Lipinski definition) is 4. The van der Waals surface area contributed by atoms with Crippen LogP contribution in [0.25, 0.3) is 0 Å². The molecule has 1 N–H and O–H groups in total. The number of halogens is 1. The molecule has 0 bridgehead atoms. The Bertz CT molecular complexity index is 487. The van der Waals surface area contributed by atoms with Crippen molar-refractivity contribution >= 4 is 41.7 Å². The second-order valence-electron chi connectivity index (χ2n) is 5.87. The van der Waals surface area contributed by atoms with Gasteiger partial charge in [-0.25, -0.2) is 4.99 Å². The first-order chi connectivity index (χ1) is 11.2. The lowest BCUT2D eigenvalue weighted by Crippen LogP contribution is -2.49. The number of nitrogens with zero attached hydrogens (tertiary/aromatic N) is 3. The molecular weight excluding hydrogens is 435 g/mol. The van der Waals surface area contributed by atoms with Crippen molar-refractivity contribution in [1.29, 1.82) is 0 Å². The smallest absolute Gasteiger partial charge is 0.194 e. The number of thioether (sulfide) groups is 1. The van der Waals surface area contributed by atoms with E-state index in [-0.39, 0.29) is 24.0 Å². The van der Waals surface area contributed by atoms with Crippen molar-refractivity contribution in [2.45, 2.75) is 26.0 Å². The van der Waals surface area contributed by atoms with Crippen LogP contribution in [-0.2, 0) is 0 Å². The van der Waals surface area contributed by atoms with E-state index >= 15 is 0 Å². The summed E-state index contributed by atoms with van der Waals surface area (Å²) in [7, 11) is 0. The average molecular weight is 464 g/mol. The van der Waals surface area contributed by atoms with Gasteiger partial charge in [-0.1, -0.05) is 13.8 Å². The highest BCUT2D eigenvalue weighted by Crippen LogP contribution is 2.24. The quantitative estimate of drug-likeness (QED) is 0.304. The Morgan fingerprint density at radius 2 is 2.38 bits per heavy atom. The molecule has 1 aliphatic heterocycles. The summed E-state index contributed by atoms with van der Waals surface area (Å²) in [6.45, 7) is 10.9. The van der Waals surface area contributed by atoms with Gasteiger partial charge in [0.05, 0.1) is 12.7 Å². The Balaban J connectivity index is 0.00000288. The minimum Gasteiger partial charge on any atom is -0.490 e. The Hall–Kier alpha value is -0.700. The Kier molecular flexibility index (Phi) is 10.5. The maximum atomic E-state index is 5.66. The molecule has 2 heterocycles. The number of aliphatic imine (C=N–C) groups is 1. The van der Waals surface area contributed by atoms with Crippen LogP contribution in [0.3, 0.4) is 0 Å². The van der Waals surface area contributed by atoms with Gasteiger partial charge in [0.25, 0.3) is 0 Å². The van der Waals surface area contributed by atoms with Crippen LogP contribution < -0.4 is 10.1 Å². The van der Waals surface area contributed by atoms with Crippen LogP contribution in [0.2, 0.25) is 0 Å². The van der Waals surface area contributed by atoms with Gasteiger partial charge in [-0.15, -0.1) is 24.0 Å². The number of pyridine rings is 1. The third-order valence-electron chi connectivity index (χ3n) is 3.73. The van der Waals surface area contributed by atoms with Gasteiger partial charge in [0.1, 0.15) is 12.4 Å². The summed E-state index contributed by atoms with van der Waals surface area (Å²) >= 11 is 2.08. The summed E-state index contributed by atoms with van der Waals surface area (Å²) in [4.78, 5) is 11.1. The molecule has 1 atom stereocenters. The summed E-state index contributed by atoms with van der Waals surface area (Å²) in [5.41, 5.74) is 0. The lowest BCUT2D eigenvalue weighted by Gasteiger charge is -2.36. The van der Waals surface area contributed by atoms with Gasteiger partial charge in [-0.2, -0.15) is 11.8 Å². The van der Waals surface area contributed by atoms with Crippen molar-refractivity contribution in [3.8, 4) is 5.75 Å². The Morgan fingerprint density at radius 1 is 1.54 bits per heavy atom. The first-order valence-electron chi connectivity index (χ1n) is 8.38. The van der Waals surface area contributed by atoms with Gasteiger partial charge in [-0.05, 0) is 25.0 Å². The highest BCUT2D eigenvalue weighted by atomic mass is 127. The fraction of sp³-hybridized carbons (Fsp3) is 0.647. The highest BCUT2D eigenvalue weighted by molar-refractivity contribution is 14.0. The molecule has 5 nitrogen and oxygen atoms in total. The normalized spacial score (nSPS) is 18.2. The molecule has 1 saturated heterocycles. The van der Waals surface area contributed by atoms with E-state index in [4.69, 9.17) is 9.73 Å². The van der Waals surface area contributed by atoms with Crippen molar-refractivity contribution in [3.05, 3.63) is 24.5 Å². The number of ether oxygens (including phenoxy) is 1. The first kappa shape index (κ1) is 21.3. The zero-order valence-electron chi connectivity index (χ0n) is 14.8. The predicted octanol–water partition coefficient (Wildman–Crippen LogP) is 3.12. The summed E-state index contributed by atoms with van der Waals surface area (Å²) in [6.07, 6.45) is 3.47. The number of guanidine groups is 1. The summed E-state index contributed by atoms with van der Waals surface area (Å²) < 4.78 is 5.66. The van der Waals surface area contributed by atoms with Crippen molar-refractivity contribution in [1.82, 2.24) is 15.2 Å². The van der Waals surface area contributed by atoms with Gasteiger partial charge in [0.2, 0.25) is 0 Å². The van der Waals surface area contributed by atoms with Gasteiger partial charge >= 0.3 is 0 Å². The van der Waals surface area contributed by atoms with Gasteiger partial charge < -0.3 is 15.0 Å². The van der Waals surface area contributed by atoms with Crippen LogP contribution in [0, 0.1) is 5.92 Å². The number of aromatic nitrogens is 1. The molecule has 0 amide bonds. The van der Waals surface area contributed by atoms with E-state index in [2.05, 4.69) is 47.7 Å². The topological polar surface area (TPSA) is 49.8 Å². The van der Waals surface area contributed by atoms with E-state index in [9.17, 15) is 0 Å². The molecule has 0 saturated carbocycles. The van der Waals surface area contributed by atoms with E-state index < -0.39 is 0 Å². The van der Waals surface area contributed by atoms with Crippen LogP contribution in [0.1, 0.15) is 20.8 Å². The maximum absolute atomic E-state index is 5.66. The third-order valence-corrected chi connectivity index (χ3v) is 5.27. The fourth-order valence-corrected chi connectivity index (χ4v) is 3.74. The molecule has 136 valence electrons.